The van der Waals surface area contributed by atoms with Crippen LogP contribution in [0.3, 0.4) is 0 Å². The molecule has 1 saturated heterocycles. The molecule has 1 aliphatic rings. The van der Waals surface area contributed by atoms with Gasteiger partial charge in [-0.05, 0) is 44.4 Å². The summed E-state index contributed by atoms with van der Waals surface area (Å²) < 4.78 is 5.30. The number of nitrogens with zero attached hydrogens (tertiary/aromatic N) is 3. The summed E-state index contributed by atoms with van der Waals surface area (Å²) >= 11 is 1.73. The van der Waals surface area contributed by atoms with Gasteiger partial charge in [-0.3, -0.25) is 4.79 Å². The van der Waals surface area contributed by atoms with E-state index in [0.717, 1.165) is 66.2 Å². The number of ether oxygens (including phenoxy) is 1. The summed E-state index contributed by atoms with van der Waals surface area (Å²) in [6, 6.07) is 7.81. The molecular formula is C24H30N4O2S. The highest BCUT2D eigenvalue weighted by Crippen LogP contribution is 2.34. The average Bonchev–Trinajstić information content (AvgIpc) is 3.19. The number of rotatable bonds is 6. The largest absolute Gasteiger partial charge is 0.497 e. The lowest BCUT2D eigenvalue weighted by Crippen LogP contribution is -2.41. The van der Waals surface area contributed by atoms with Crippen LogP contribution in [-0.2, 0) is 11.2 Å². The van der Waals surface area contributed by atoms with Gasteiger partial charge in [-0.15, -0.1) is 11.3 Å². The summed E-state index contributed by atoms with van der Waals surface area (Å²) in [4.78, 5) is 26.0. The Morgan fingerprint density at radius 1 is 1.32 bits per heavy atom. The number of piperidine rings is 1. The maximum atomic E-state index is 12.9. The Morgan fingerprint density at radius 3 is 2.81 bits per heavy atom. The van der Waals surface area contributed by atoms with Gasteiger partial charge in [0.25, 0.3) is 0 Å². The van der Waals surface area contributed by atoms with Gasteiger partial charge in [0.2, 0.25) is 5.91 Å². The van der Waals surface area contributed by atoms with Crippen molar-refractivity contribution in [2.45, 2.75) is 46.1 Å². The van der Waals surface area contributed by atoms with Gasteiger partial charge in [0.1, 0.15) is 17.4 Å². The smallest absolute Gasteiger partial charge is 0.223 e. The Balaban J connectivity index is 1.42. The summed E-state index contributed by atoms with van der Waals surface area (Å²) in [6.45, 7) is 7.90. The minimum Gasteiger partial charge on any atom is -0.497 e. The number of benzene rings is 1. The molecule has 2 aromatic heterocycles. The summed E-state index contributed by atoms with van der Waals surface area (Å²) in [5.74, 6) is 2.87. The van der Waals surface area contributed by atoms with E-state index in [9.17, 15) is 4.79 Å². The highest BCUT2D eigenvalue weighted by molar-refractivity contribution is 7.11. The van der Waals surface area contributed by atoms with Gasteiger partial charge in [-0.25, -0.2) is 9.97 Å². The van der Waals surface area contributed by atoms with E-state index in [1.54, 1.807) is 18.4 Å². The fraction of sp³-hybridized carbons (Fsp3) is 0.458. The van der Waals surface area contributed by atoms with Crippen LogP contribution in [-0.4, -0.2) is 36.1 Å². The second-order valence-corrected chi connectivity index (χ2v) is 9.22. The highest BCUT2D eigenvalue weighted by Gasteiger charge is 2.28. The van der Waals surface area contributed by atoms with Crippen molar-refractivity contribution in [2.75, 3.05) is 25.1 Å². The molecule has 164 valence electrons. The molecule has 6 nitrogen and oxygen atoms in total. The first-order valence-electron chi connectivity index (χ1n) is 10.9. The number of amides is 1. The lowest BCUT2D eigenvalue weighted by Gasteiger charge is -2.33. The van der Waals surface area contributed by atoms with Gasteiger partial charge < -0.3 is 15.0 Å². The second kappa shape index (κ2) is 9.22. The number of aryl methyl sites for hydroxylation is 2. The summed E-state index contributed by atoms with van der Waals surface area (Å²) in [5, 5.41) is 6.47. The molecular weight excluding hydrogens is 408 g/mol. The third-order valence-electron chi connectivity index (χ3n) is 6.10. The fourth-order valence-electron chi connectivity index (χ4n) is 4.20. The van der Waals surface area contributed by atoms with Crippen molar-refractivity contribution in [2.24, 2.45) is 5.92 Å². The van der Waals surface area contributed by atoms with Crippen LogP contribution < -0.4 is 15.0 Å². The van der Waals surface area contributed by atoms with Crippen LogP contribution in [0.25, 0.3) is 10.9 Å². The molecule has 0 saturated carbocycles. The van der Waals surface area contributed by atoms with E-state index in [1.807, 2.05) is 31.2 Å². The summed E-state index contributed by atoms with van der Waals surface area (Å²) in [7, 11) is 1.66. The molecule has 0 aliphatic carbocycles. The lowest BCUT2D eigenvalue weighted by atomic mass is 9.95. The predicted molar refractivity (Wildman–Crippen MR) is 126 cm³/mol. The topological polar surface area (TPSA) is 67.4 Å². The Bertz CT molecular complexity index is 1070. The minimum atomic E-state index is -0.0531. The van der Waals surface area contributed by atoms with Crippen molar-refractivity contribution < 1.29 is 9.53 Å². The first kappa shape index (κ1) is 21.6. The second-order valence-electron chi connectivity index (χ2n) is 8.14. The zero-order valence-electron chi connectivity index (χ0n) is 18.6. The fourth-order valence-corrected chi connectivity index (χ4v) is 4.98. The Morgan fingerprint density at radius 2 is 2.10 bits per heavy atom. The monoisotopic (exact) mass is 438 g/mol. The molecule has 0 radical (unpaired) electrons. The summed E-state index contributed by atoms with van der Waals surface area (Å²) in [6.07, 6.45) is 2.47. The lowest BCUT2D eigenvalue weighted by molar-refractivity contribution is -0.126. The number of methoxy groups -OCH3 is 1. The molecule has 1 atom stereocenters. The number of carbonyl (C=O) groups is 1. The van der Waals surface area contributed by atoms with Crippen LogP contribution in [0, 0.1) is 12.8 Å². The predicted octanol–water partition coefficient (Wildman–Crippen LogP) is 4.66. The third kappa shape index (κ3) is 4.51. The van der Waals surface area contributed by atoms with Crippen LogP contribution in [0.4, 0.5) is 5.82 Å². The number of hydrogen-bond donors (Lipinski definition) is 1. The Kier molecular flexibility index (Phi) is 6.41. The van der Waals surface area contributed by atoms with Crippen LogP contribution in [0.1, 0.15) is 49.0 Å². The van der Waals surface area contributed by atoms with Gasteiger partial charge in [-0.1, -0.05) is 19.1 Å². The Labute approximate surface area is 187 Å². The van der Waals surface area contributed by atoms with Gasteiger partial charge in [0.15, 0.2) is 0 Å². The van der Waals surface area contributed by atoms with Crippen LogP contribution in [0.15, 0.2) is 29.6 Å². The molecule has 7 heteroatoms. The van der Waals surface area contributed by atoms with Crippen molar-refractivity contribution in [3.05, 3.63) is 45.9 Å². The number of carbonyl (C=O) groups excluding carboxylic acids is 1. The molecule has 3 heterocycles. The van der Waals surface area contributed by atoms with Gasteiger partial charge in [0, 0.05) is 35.7 Å². The molecule has 1 amide bonds. The van der Waals surface area contributed by atoms with Crippen molar-refractivity contribution >= 4 is 34.0 Å². The molecule has 0 bridgehead atoms. The molecule has 1 N–H and O–H groups in total. The number of fused-ring (bicyclic) bond motifs is 1. The van der Waals surface area contributed by atoms with Crippen molar-refractivity contribution in [3.63, 3.8) is 0 Å². The van der Waals surface area contributed by atoms with E-state index in [-0.39, 0.29) is 17.9 Å². The maximum absolute atomic E-state index is 12.9. The van der Waals surface area contributed by atoms with Crippen molar-refractivity contribution in [3.8, 4) is 5.75 Å². The standard InChI is InChI=1S/C24H30N4O2S/c1-5-21-26-20-14-31-16(3)22(20)23(27-21)28-11-9-17(10-12-28)24(29)25-15(2)18-7-6-8-19(13-18)30-4/h6-8,13-15,17H,5,9-12H2,1-4H3,(H,25,29)/t15-/m0/s1. The van der Waals surface area contributed by atoms with Crippen LogP contribution >= 0.6 is 11.3 Å². The Hall–Kier alpha value is -2.67. The molecule has 1 aromatic carbocycles. The zero-order chi connectivity index (χ0) is 22.0. The number of anilines is 1. The van der Waals surface area contributed by atoms with Crippen LogP contribution in [0.5, 0.6) is 5.75 Å². The third-order valence-corrected chi connectivity index (χ3v) is 7.00. The van der Waals surface area contributed by atoms with E-state index >= 15 is 0 Å². The molecule has 3 aromatic rings. The van der Waals surface area contributed by atoms with Gasteiger partial charge in [-0.2, -0.15) is 0 Å². The SMILES string of the molecule is CCc1nc(N2CCC(C(=O)N[C@@H](C)c3cccc(OC)c3)CC2)c2c(C)scc2n1. The first-order chi connectivity index (χ1) is 15.0. The highest BCUT2D eigenvalue weighted by atomic mass is 32.1. The van der Waals surface area contributed by atoms with Crippen LogP contribution in [0.2, 0.25) is 0 Å². The first-order valence-corrected chi connectivity index (χ1v) is 11.8. The molecule has 0 spiro atoms. The minimum absolute atomic E-state index is 0.0239. The van der Waals surface area contributed by atoms with E-state index < -0.39 is 0 Å². The quantitative estimate of drug-likeness (QED) is 0.606. The van der Waals surface area contributed by atoms with Crippen molar-refractivity contribution in [1.29, 1.82) is 0 Å². The van der Waals surface area contributed by atoms with E-state index in [0.29, 0.717) is 0 Å². The van der Waals surface area contributed by atoms with Gasteiger partial charge in [0.05, 0.1) is 24.1 Å². The molecule has 4 rings (SSSR count). The van der Waals surface area contributed by atoms with Crippen molar-refractivity contribution in [1.82, 2.24) is 15.3 Å². The number of thiophene rings is 1. The van der Waals surface area contributed by atoms with E-state index in [4.69, 9.17) is 9.72 Å². The van der Waals surface area contributed by atoms with Gasteiger partial charge >= 0.3 is 0 Å². The summed E-state index contributed by atoms with van der Waals surface area (Å²) in [5.41, 5.74) is 2.09. The van der Waals surface area contributed by atoms with E-state index in [1.165, 1.54) is 4.88 Å². The molecule has 0 unspecified atom stereocenters. The number of nitrogens with one attached hydrogen (secondary N) is 1. The number of hydrogen-bond acceptors (Lipinski definition) is 6. The molecule has 1 aliphatic heterocycles. The maximum Gasteiger partial charge on any atom is 0.223 e. The normalized spacial score (nSPS) is 15.8. The van der Waals surface area contributed by atoms with E-state index in [2.05, 4.69) is 34.4 Å². The molecule has 1 fully saturated rings. The molecule has 31 heavy (non-hydrogen) atoms. The zero-order valence-corrected chi connectivity index (χ0v) is 19.5. The average molecular weight is 439 g/mol. The number of aromatic nitrogens is 2.